The number of anilines is 1. The number of pyridine rings is 1. The number of nitrogens with one attached hydrogen (secondary N) is 1. The number of carbonyl (C=O) groups excluding carboxylic acids is 2. The Morgan fingerprint density at radius 3 is 2.67 bits per heavy atom. The van der Waals surface area contributed by atoms with E-state index in [-0.39, 0.29) is 109 Å². The number of amides is 2. The van der Waals surface area contributed by atoms with Crippen molar-refractivity contribution in [3.8, 4) is 23.0 Å². The Labute approximate surface area is 345 Å². The first kappa shape index (κ1) is 42.5. The van der Waals surface area contributed by atoms with Crippen LogP contribution in [0.25, 0.3) is 32.9 Å². The summed E-state index contributed by atoms with van der Waals surface area (Å²) < 4.78 is 127. The number of carbonyl (C=O) groups is 2. The average Bonchev–Trinajstić information content (AvgIpc) is 3.72. The van der Waals surface area contributed by atoms with Gasteiger partial charge in [0.05, 0.1) is 36.2 Å². The van der Waals surface area contributed by atoms with Gasteiger partial charge in [0, 0.05) is 51.8 Å². The number of halogens is 7. The lowest BCUT2D eigenvalue weighted by molar-refractivity contribution is -0.185. The van der Waals surface area contributed by atoms with Gasteiger partial charge in [-0.05, 0) is 73.7 Å². The molecular weight excluding hydrogens is 819 g/mol. The minimum atomic E-state index is -4.88. The van der Waals surface area contributed by atoms with Crippen LogP contribution < -0.4 is 19.7 Å². The fourth-order valence-corrected chi connectivity index (χ4v) is 9.32. The molecule has 5 aliphatic heterocycles. The van der Waals surface area contributed by atoms with E-state index in [4.69, 9.17) is 18.9 Å². The van der Waals surface area contributed by atoms with Crippen molar-refractivity contribution in [3.63, 3.8) is 0 Å². The second-order valence-electron chi connectivity index (χ2n) is 16.6. The summed E-state index contributed by atoms with van der Waals surface area (Å²) in [5.41, 5.74) is -2.63. The summed E-state index contributed by atoms with van der Waals surface area (Å²) in [6, 6.07) is 2.25. The number of fused-ring (bicyclic) bond motifs is 7. The summed E-state index contributed by atoms with van der Waals surface area (Å²) in [5.74, 6) is -2.05. The van der Waals surface area contributed by atoms with Crippen molar-refractivity contribution < 1.29 is 59.3 Å². The maximum atomic E-state index is 17.5. The zero-order valence-electron chi connectivity index (χ0n) is 33.6. The summed E-state index contributed by atoms with van der Waals surface area (Å²) >= 11 is 0. The van der Waals surface area contributed by atoms with Crippen LogP contribution in [0.3, 0.4) is 0 Å². The first-order chi connectivity index (χ1) is 29.0. The van der Waals surface area contributed by atoms with E-state index in [9.17, 15) is 27.2 Å². The first-order valence-corrected chi connectivity index (χ1v) is 20.0. The van der Waals surface area contributed by atoms with Gasteiger partial charge in [0.25, 0.3) is 0 Å². The van der Waals surface area contributed by atoms with Crippen molar-refractivity contribution in [1.29, 1.82) is 0 Å². The van der Waals surface area contributed by atoms with Crippen LogP contribution in [-0.4, -0.2) is 133 Å². The molecule has 3 saturated heterocycles. The van der Waals surface area contributed by atoms with Crippen molar-refractivity contribution in [2.24, 2.45) is 0 Å². The number of methoxy groups -OCH3 is 1. The highest BCUT2D eigenvalue weighted by Crippen LogP contribution is 2.43. The van der Waals surface area contributed by atoms with Crippen molar-refractivity contribution in [2.75, 3.05) is 65.1 Å². The number of piperidine rings is 1. The van der Waals surface area contributed by atoms with E-state index >= 15 is 13.2 Å². The highest BCUT2D eigenvalue weighted by atomic mass is 19.4. The van der Waals surface area contributed by atoms with E-state index in [1.54, 1.807) is 6.92 Å². The Morgan fingerprint density at radius 2 is 1.90 bits per heavy atom. The fraction of sp³-hybridized carbons (Fsp3) is 0.537. The summed E-state index contributed by atoms with van der Waals surface area (Å²) in [5, 5.41) is 3.11. The third-order valence-electron chi connectivity index (χ3n) is 12.1. The average molecular weight is 864 g/mol. The Kier molecular flexibility index (Phi) is 11.3. The number of aryl methyl sites for hydroxylation is 1. The molecule has 2 aromatic carbocycles. The number of alkyl carbamates (subject to hydrolysis) is 1. The van der Waals surface area contributed by atoms with Gasteiger partial charge in [0.2, 0.25) is 0 Å². The Morgan fingerprint density at radius 1 is 1.11 bits per heavy atom. The Hall–Kier alpha value is -5.24. The standard InChI is InChI=1S/C41H44F7N7O6/c1-39-14-23(42)17-54(20-39)35-28-16-49-33(32(45)34(28)50-36(51-35)60-21-40-9-5-10-55(40)18-24(43)15-40)27-13-25(61-38(57)53(2)30(19-58-3)41(46,47)48)12-22-7-8-29(44)26(31(22)27)6-4-11-59-37(56)52-39/h7-8,12-13,16,23-24,30H,4-6,9-11,14-15,17-21H2,1-3H3,(H,52,56)/t23-,24-,30?,39-,40+/m1/s1. The van der Waals surface area contributed by atoms with Crippen LogP contribution >= 0.6 is 0 Å². The maximum Gasteiger partial charge on any atom is 0.415 e. The third-order valence-corrected chi connectivity index (χ3v) is 12.1. The second kappa shape index (κ2) is 16.2. The van der Waals surface area contributed by atoms with E-state index in [1.165, 1.54) is 23.2 Å². The monoisotopic (exact) mass is 863 g/mol. The molecule has 0 aliphatic carbocycles. The smallest absolute Gasteiger partial charge is 0.415 e. The molecule has 7 heterocycles. The number of nitrogens with zero attached hydrogens (tertiary/aromatic N) is 6. The number of alkyl halides is 5. The number of benzene rings is 2. The molecule has 0 radical (unpaired) electrons. The number of rotatable bonds is 7. The number of ether oxygens (including phenoxy) is 4. The molecule has 6 bridgehead atoms. The molecule has 3 fully saturated rings. The van der Waals surface area contributed by atoms with Crippen molar-refractivity contribution in [3.05, 3.63) is 47.7 Å². The van der Waals surface area contributed by atoms with E-state index < -0.39 is 71.8 Å². The number of hydrogen-bond acceptors (Lipinski definition) is 11. The quantitative estimate of drug-likeness (QED) is 0.192. The highest BCUT2D eigenvalue weighted by molar-refractivity contribution is 6.02. The molecule has 2 amide bonds. The molecule has 5 atom stereocenters. The number of likely N-dealkylation sites (N-methyl/N-ethyl adjacent to an activating group) is 1. The molecule has 0 saturated carbocycles. The second-order valence-corrected chi connectivity index (χ2v) is 16.6. The van der Waals surface area contributed by atoms with E-state index in [1.807, 2.05) is 4.90 Å². The normalized spacial score (nSPS) is 25.0. The lowest BCUT2D eigenvalue weighted by Crippen LogP contribution is -2.60. The first-order valence-electron chi connectivity index (χ1n) is 20.0. The Balaban J connectivity index is 1.30. The SMILES string of the molecule is COCC(N(C)C(=O)Oc1cc2c3c(c(F)ccc3c1)CCCOC(=O)N[C@]1(C)C[C@@H](F)CN(C1)c1nc(OC[C@@]34CCCN3C[C@H](F)C4)nc3c(F)c-2ncc13)C(F)(F)F. The van der Waals surface area contributed by atoms with Gasteiger partial charge < -0.3 is 29.2 Å². The molecule has 4 aromatic rings. The molecule has 9 rings (SSSR count). The minimum Gasteiger partial charge on any atom is -0.461 e. The van der Waals surface area contributed by atoms with Gasteiger partial charge in [-0.2, -0.15) is 23.1 Å². The summed E-state index contributed by atoms with van der Waals surface area (Å²) in [6.07, 6.45) is -6.80. The van der Waals surface area contributed by atoms with Crippen molar-refractivity contribution in [1.82, 2.24) is 30.1 Å². The number of hydrogen-bond donors (Lipinski definition) is 1. The van der Waals surface area contributed by atoms with Crippen LogP contribution in [0, 0.1) is 11.6 Å². The number of aromatic nitrogens is 3. The zero-order valence-corrected chi connectivity index (χ0v) is 33.6. The Bertz CT molecular complexity index is 2360. The molecule has 1 N–H and O–H groups in total. The molecule has 0 spiro atoms. The van der Waals surface area contributed by atoms with E-state index in [2.05, 4.69) is 20.3 Å². The van der Waals surface area contributed by atoms with Gasteiger partial charge in [-0.3, -0.25) is 14.8 Å². The minimum absolute atomic E-state index is 0.00258. The van der Waals surface area contributed by atoms with E-state index in [0.717, 1.165) is 32.7 Å². The topological polar surface area (TPSA) is 131 Å². The van der Waals surface area contributed by atoms with E-state index in [0.29, 0.717) is 17.9 Å². The molecule has 20 heteroatoms. The molecule has 2 aromatic heterocycles. The predicted octanol–water partition coefficient (Wildman–Crippen LogP) is 7.07. The van der Waals surface area contributed by atoms with Crippen LogP contribution in [0.1, 0.15) is 44.6 Å². The largest absolute Gasteiger partial charge is 0.461 e. The maximum absolute atomic E-state index is 17.5. The fourth-order valence-electron chi connectivity index (χ4n) is 9.32. The lowest BCUT2D eigenvalue weighted by Gasteiger charge is -2.42. The van der Waals surface area contributed by atoms with Crippen LogP contribution in [0.15, 0.2) is 30.5 Å². The van der Waals surface area contributed by atoms with Gasteiger partial charge in [0.15, 0.2) is 11.9 Å². The van der Waals surface area contributed by atoms with Crippen LogP contribution in [0.5, 0.6) is 11.8 Å². The summed E-state index contributed by atoms with van der Waals surface area (Å²) in [6.45, 7) is 1.25. The van der Waals surface area contributed by atoms with Gasteiger partial charge in [-0.15, -0.1) is 0 Å². The summed E-state index contributed by atoms with van der Waals surface area (Å²) in [4.78, 5) is 43.8. The molecule has 328 valence electrons. The van der Waals surface area contributed by atoms with Crippen molar-refractivity contribution in [2.45, 2.75) is 81.1 Å². The lowest BCUT2D eigenvalue weighted by atomic mass is 9.90. The molecule has 13 nitrogen and oxygen atoms in total. The molecular formula is C41H44F7N7O6. The van der Waals surface area contributed by atoms with Crippen LogP contribution in [0.4, 0.5) is 46.1 Å². The van der Waals surface area contributed by atoms with Gasteiger partial charge in [0.1, 0.15) is 47.5 Å². The summed E-state index contributed by atoms with van der Waals surface area (Å²) in [7, 11) is 1.94. The zero-order chi connectivity index (χ0) is 43.4. The third kappa shape index (κ3) is 8.27. The van der Waals surface area contributed by atoms with Gasteiger partial charge in [-0.1, -0.05) is 6.07 Å². The molecule has 1 unspecified atom stereocenters. The molecule has 61 heavy (non-hydrogen) atoms. The molecule has 5 aliphatic rings. The van der Waals surface area contributed by atoms with Gasteiger partial charge in [-0.25, -0.2) is 27.2 Å². The van der Waals surface area contributed by atoms with Crippen LogP contribution in [0.2, 0.25) is 0 Å². The predicted molar refractivity (Wildman–Crippen MR) is 207 cm³/mol. The van der Waals surface area contributed by atoms with Crippen LogP contribution in [-0.2, 0) is 15.9 Å². The van der Waals surface area contributed by atoms with Gasteiger partial charge >= 0.3 is 24.4 Å². The highest BCUT2D eigenvalue weighted by Gasteiger charge is 2.50. The van der Waals surface area contributed by atoms with Crippen molar-refractivity contribution >= 4 is 39.7 Å².